The maximum atomic E-state index is 4.83. The highest BCUT2D eigenvalue weighted by molar-refractivity contribution is 5.86. The number of amidine groups is 1. The van der Waals surface area contributed by atoms with Crippen LogP contribution in [0.1, 0.15) is 13.8 Å². The molecule has 0 heterocycles. The summed E-state index contributed by atoms with van der Waals surface area (Å²) in [5, 5.41) is 3.30. The number of nitrogens with zero attached hydrogens (tertiary/aromatic N) is 2. The van der Waals surface area contributed by atoms with Gasteiger partial charge in [-0.15, -0.1) is 0 Å². The minimum Gasteiger partial charge on any atom is -0.322 e. The Bertz CT molecular complexity index is 93.1. The molecule has 0 atom stereocenters. The summed E-state index contributed by atoms with van der Waals surface area (Å²) in [5.41, 5.74) is 0. The van der Waals surface area contributed by atoms with Gasteiger partial charge in [0.2, 0.25) is 0 Å². The van der Waals surface area contributed by atoms with E-state index in [0.717, 1.165) is 0 Å². The van der Waals surface area contributed by atoms with Crippen molar-refractivity contribution in [2.24, 2.45) is 15.9 Å². The second-order valence-electron chi connectivity index (χ2n) is 1.06. The molecule has 0 amide bonds. The number of rotatable bonds is 0. The van der Waals surface area contributed by atoms with Crippen LogP contribution in [0.2, 0.25) is 0 Å². The molecule has 3 nitrogen and oxygen atoms in total. The van der Waals surface area contributed by atoms with Gasteiger partial charge < -0.3 is 5.84 Å². The summed E-state index contributed by atoms with van der Waals surface area (Å²) in [7, 11) is 0. The fourth-order valence-corrected chi connectivity index (χ4v) is 0.220. The number of aliphatic imine (C=N–C) groups is 1. The van der Waals surface area contributed by atoms with Crippen molar-refractivity contribution >= 4 is 12.1 Å². The van der Waals surface area contributed by atoms with E-state index < -0.39 is 0 Å². The molecule has 0 aliphatic carbocycles. The van der Waals surface area contributed by atoms with Gasteiger partial charge in [0.05, 0.1) is 0 Å². The average molecular weight is 99.1 g/mol. The summed E-state index contributed by atoms with van der Waals surface area (Å²) in [6.07, 6.45) is 1.64. The molecule has 2 N–H and O–H groups in total. The number of hydrogen-bond acceptors (Lipinski definition) is 2. The highest BCUT2D eigenvalue weighted by Crippen LogP contribution is 1.69. The molecule has 0 unspecified atom stereocenters. The van der Waals surface area contributed by atoms with E-state index in [9.17, 15) is 0 Å². The predicted octanol–water partition coefficient (Wildman–Crippen LogP) is 0.369. The zero-order valence-electron chi connectivity index (χ0n) is 4.55. The Morgan fingerprint density at radius 3 is 2.43 bits per heavy atom. The van der Waals surface area contributed by atoms with E-state index in [1.165, 1.54) is 0 Å². The van der Waals surface area contributed by atoms with Crippen LogP contribution in [0.5, 0.6) is 0 Å². The molecule has 40 valence electrons. The summed E-state index contributed by atoms with van der Waals surface area (Å²) in [6.45, 7) is 3.55. The molecular weight excluding hydrogens is 90.1 g/mol. The highest BCUT2D eigenvalue weighted by Gasteiger charge is 1.73. The summed E-state index contributed by atoms with van der Waals surface area (Å²) in [6, 6.07) is 0. The lowest BCUT2D eigenvalue weighted by Gasteiger charge is -1.80. The topological polar surface area (TPSA) is 50.7 Å². The Morgan fingerprint density at radius 1 is 1.71 bits per heavy atom. The van der Waals surface area contributed by atoms with Gasteiger partial charge in [-0.2, -0.15) is 5.10 Å². The third kappa shape index (κ3) is 2.96. The Labute approximate surface area is 42.9 Å². The van der Waals surface area contributed by atoms with Crippen molar-refractivity contribution in [3.63, 3.8) is 0 Å². The zero-order chi connectivity index (χ0) is 5.70. The van der Waals surface area contributed by atoms with Crippen LogP contribution in [-0.4, -0.2) is 12.1 Å². The van der Waals surface area contributed by atoms with Gasteiger partial charge in [-0.05, 0) is 13.8 Å². The largest absolute Gasteiger partial charge is 0.322 e. The summed E-state index contributed by atoms with van der Waals surface area (Å²) >= 11 is 0. The molecule has 0 spiro atoms. The molecule has 0 saturated heterocycles. The van der Waals surface area contributed by atoms with Crippen LogP contribution in [0.3, 0.4) is 0 Å². The molecule has 7 heavy (non-hydrogen) atoms. The smallest absolute Gasteiger partial charge is 0.144 e. The molecule has 0 aromatic rings. The fraction of sp³-hybridized carbons (Fsp3) is 0.500. The van der Waals surface area contributed by atoms with Crippen LogP contribution in [0.4, 0.5) is 0 Å². The number of nitrogens with two attached hydrogens (primary N) is 1. The first-order chi connectivity index (χ1) is 3.31. The lowest BCUT2D eigenvalue weighted by atomic mass is 10.7. The lowest BCUT2D eigenvalue weighted by molar-refractivity contribution is 1.22. The van der Waals surface area contributed by atoms with Crippen molar-refractivity contribution in [2.45, 2.75) is 13.8 Å². The molecule has 0 rings (SSSR count). The van der Waals surface area contributed by atoms with Crippen molar-refractivity contribution in [3.05, 3.63) is 0 Å². The van der Waals surface area contributed by atoms with Gasteiger partial charge in [-0.25, -0.2) is 4.99 Å². The minimum atomic E-state index is 0.600. The summed E-state index contributed by atoms with van der Waals surface area (Å²) < 4.78 is 0. The Hall–Kier alpha value is -0.860. The van der Waals surface area contributed by atoms with Gasteiger partial charge in [0.25, 0.3) is 0 Å². The van der Waals surface area contributed by atoms with Crippen LogP contribution < -0.4 is 5.84 Å². The van der Waals surface area contributed by atoms with Crippen LogP contribution in [-0.2, 0) is 0 Å². The van der Waals surface area contributed by atoms with Crippen molar-refractivity contribution in [3.8, 4) is 0 Å². The monoisotopic (exact) mass is 99.1 g/mol. The normalized spacial score (nSPS) is 13.1. The predicted molar refractivity (Wildman–Crippen MR) is 31.5 cm³/mol. The quantitative estimate of drug-likeness (QED) is 0.203. The van der Waals surface area contributed by atoms with E-state index in [2.05, 4.69) is 10.1 Å². The maximum Gasteiger partial charge on any atom is 0.144 e. The van der Waals surface area contributed by atoms with Gasteiger partial charge in [0, 0.05) is 6.21 Å². The second kappa shape index (κ2) is 3.33. The van der Waals surface area contributed by atoms with Crippen LogP contribution in [0, 0.1) is 0 Å². The Morgan fingerprint density at radius 2 is 2.29 bits per heavy atom. The van der Waals surface area contributed by atoms with E-state index in [0.29, 0.717) is 5.84 Å². The molecular formula is C4H9N3. The molecule has 0 fully saturated rings. The molecule has 0 aromatic heterocycles. The Kier molecular flexibility index (Phi) is 2.92. The molecule has 0 saturated carbocycles. The summed E-state index contributed by atoms with van der Waals surface area (Å²) in [5.74, 6) is 5.43. The minimum absolute atomic E-state index is 0.600. The Balaban J connectivity index is 3.58. The van der Waals surface area contributed by atoms with Gasteiger partial charge in [-0.1, -0.05) is 0 Å². The second-order valence-corrected chi connectivity index (χ2v) is 1.06. The number of hydrogen-bond donors (Lipinski definition) is 1. The van der Waals surface area contributed by atoms with E-state index in [1.807, 2.05) is 6.92 Å². The van der Waals surface area contributed by atoms with Crippen molar-refractivity contribution < 1.29 is 0 Å². The van der Waals surface area contributed by atoms with Crippen molar-refractivity contribution in [1.29, 1.82) is 0 Å². The standard InChI is InChI=1S/C4H9N3/c1-3-6-4(2)7-5/h3H,5H2,1-2H3/b6-3-,7-4-. The third-order valence-corrected chi connectivity index (χ3v) is 0.503. The third-order valence-electron chi connectivity index (χ3n) is 0.503. The van der Waals surface area contributed by atoms with Crippen molar-refractivity contribution in [1.82, 2.24) is 0 Å². The van der Waals surface area contributed by atoms with E-state index in [-0.39, 0.29) is 0 Å². The van der Waals surface area contributed by atoms with Gasteiger partial charge >= 0.3 is 0 Å². The average Bonchev–Trinajstić information content (AvgIpc) is 1.68. The SMILES string of the molecule is C/C=N\C(C)=N/N. The fourth-order valence-electron chi connectivity index (χ4n) is 0.220. The van der Waals surface area contributed by atoms with Crippen molar-refractivity contribution in [2.75, 3.05) is 0 Å². The van der Waals surface area contributed by atoms with Gasteiger partial charge in [-0.3, -0.25) is 0 Å². The molecule has 0 aliphatic heterocycles. The summed E-state index contributed by atoms with van der Waals surface area (Å²) in [4.78, 5) is 3.74. The molecule has 0 bridgehead atoms. The van der Waals surface area contributed by atoms with Gasteiger partial charge in [0.15, 0.2) is 0 Å². The van der Waals surface area contributed by atoms with Gasteiger partial charge in [0.1, 0.15) is 5.84 Å². The van der Waals surface area contributed by atoms with E-state index >= 15 is 0 Å². The van der Waals surface area contributed by atoms with Crippen LogP contribution in [0.25, 0.3) is 0 Å². The highest BCUT2D eigenvalue weighted by atomic mass is 15.2. The maximum absolute atomic E-state index is 4.83. The van der Waals surface area contributed by atoms with Crippen LogP contribution >= 0.6 is 0 Å². The van der Waals surface area contributed by atoms with E-state index in [1.54, 1.807) is 13.1 Å². The first kappa shape index (κ1) is 6.14. The van der Waals surface area contributed by atoms with E-state index in [4.69, 9.17) is 5.84 Å². The molecule has 0 radical (unpaired) electrons. The molecule has 0 aromatic carbocycles. The first-order valence-electron chi connectivity index (χ1n) is 2.04. The first-order valence-corrected chi connectivity index (χ1v) is 2.04. The molecule has 3 heteroatoms. The van der Waals surface area contributed by atoms with Crippen LogP contribution in [0.15, 0.2) is 10.1 Å². The lowest BCUT2D eigenvalue weighted by Crippen LogP contribution is -1.90. The molecule has 0 aliphatic rings. The number of hydrazone groups is 1. The zero-order valence-corrected chi connectivity index (χ0v) is 4.55.